The summed E-state index contributed by atoms with van der Waals surface area (Å²) >= 11 is 0. The topological polar surface area (TPSA) is 110 Å². The average Bonchev–Trinajstić information content (AvgIpc) is 3.54. The van der Waals surface area contributed by atoms with Crippen LogP contribution in [0, 0.1) is 12.8 Å². The Labute approximate surface area is 191 Å². The van der Waals surface area contributed by atoms with Crippen molar-refractivity contribution in [2.45, 2.75) is 45.6 Å². The summed E-state index contributed by atoms with van der Waals surface area (Å²) in [5, 5.41) is 9.34. The zero-order valence-electron chi connectivity index (χ0n) is 18.8. The Bertz CT molecular complexity index is 1190. The van der Waals surface area contributed by atoms with Gasteiger partial charge in [-0.1, -0.05) is 37.2 Å². The van der Waals surface area contributed by atoms with Crippen molar-refractivity contribution >= 4 is 17.6 Å². The molecule has 2 N–H and O–H groups in total. The Morgan fingerprint density at radius 1 is 1.18 bits per heavy atom. The van der Waals surface area contributed by atoms with Crippen LogP contribution in [0.15, 0.2) is 41.1 Å². The number of alkyl halides is 1. The van der Waals surface area contributed by atoms with E-state index in [1.165, 1.54) is 0 Å². The zero-order chi connectivity index (χ0) is 23.6. The Hall–Kier alpha value is -3.62. The fourth-order valence-corrected chi connectivity index (χ4v) is 3.23. The average molecular weight is 452 g/mol. The Kier molecular flexibility index (Phi) is 6.22. The van der Waals surface area contributed by atoms with Crippen LogP contribution in [0.4, 0.5) is 10.2 Å². The molecule has 4 rings (SSSR count). The monoisotopic (exact) mass is 451 g/mol. The summed E-state index contributed by atoms with van der Waals surface area (Å²) in [6, 6.07) is 9.62. The molecule has 0 bridgehead atoms. The van der Waals surface area contributed by atoms with Crippen LogP contribution < -0.4 is 10.6 Å². The van der Waals surface area contributed by atoms with Crippen molar-refractivity contribution in [1.82, 2.24) is 20.4 Å². The summed E-state index contributed by atoms with van der Waals surface area (Å²) in [6.45, 7) is 4.84. The summed E-state index contributed by atoms with van der Waals surface area (Å²) in [5.41, 5.74) is 2.90. The van der Waals surface area contributed by atoms with E-state index in [1.807, 2.05) is 37.3 Å². The Balaban J connectivity index is 1.41. The van der Waals surface area contributed by atoms with Crippen molar-refractivity contribution in [3.63, 3.8) is 0 Å². The number of nitrogens with zero attached hydrogens (tertiary/aromatic N) is 3. The largest absolute Gasteiger partial charge is 0.344 e. The van der Waals surface area contributed by atoms with Gasteiger partial charge in [0.05, 0.1) is 5.41 Å². The third kappa shape index (κ3) is 5.24. The number of halogens is 1. The van der Waals surface area contributed by atoms with Gasteiger partial charge in [-0.3, -0.25) is 14.0 Å². The molecule has 2 amide bonds. The van der Waals surface area contributed by atoms with Gasteiger partial charge in [-0.15, -0.1) is 0 Å². The van der Waals surface area contributed by atoms with Crippen molar-refractivity contribution in [3.05, 3.63) is 59.4 Å². The van der Waals surface area contributed by atoms with Gasteiger partial charge in [-0.25, -0.2) is 4.98 Å². The molecule has 0 radical (unpaired) electrons. The molecule has 0 atom stereocenters. The lowest BCUT2D eigenvalue weighted by atomic mass is 9.95. The fraction of sp³-hybridized carbons (Fsp3) is 0.375. The quantitative estimate of drug-likeness (QED) is 0.536. The molecule has 33 heavy (non-hydrogen) atoms. The Morgan fingerprint density at radius 3 is 2.64 bits per heavy atom. The van der Waals surface area contributed by atoms with Gasteiger partial charge in [0, 0.05) is 18.7 Å². The second-order valence-corrected chi connectivity index (χ2v) is 8.96. The number of pyridine rings is 1. The summed E-state index contributed by atoms with van der Waals surface area (Å²) in [7, 11) is 0. The van der Waals surface area contributed by atoms with Crippen molar-refractivity contribution in [2.75, 3.05) is 12.0 Å². The summed E-state index contributed by atoms with van der Waals surface area (Å²) in [5.74, 6) is 0.106. The lowest BCUT2D eigenvalue weighted by molar-refractivity contribution is -0.117. The zero-order valence-corrected chi connectivity index (χ0v) is 18.8. The van der Waals surface area contributed by atoms with Crippen molar-refractivity contribution in [3.8, 4) is 11.1 Å². The van der Waals surface area contributed by atoms with Crippen LogP contribution in [-0.4, -0.2) is 33.6 Å². The van der Waals surface area contributed by atoms with E-state index in [0.29, 0.717) is 5.82 Å². The number of carbonyl (C=O) groups excluding carboxylic acids is 2. The summed E-state index contributed by atoms with van der Waals surface area (Å²) in [6.07, 6.45) is 3.54. The second kappa shape index (κ2) is 9.09. The van der Waals surface area contributed by atoms with Crippen LogP contribution >= 0.6 is 0 Å². The van der Waals surface area contributed by atoms with Crippen LogP contribution in [0.25, 0.3) is 11.1 Å². The number of amides is 2. The minimum absolute atomic E-state index is 0.0172. The highest BCUT2D eigenvalue weighted by Crippen LogP contribution is 2.30. The van der Waals surface area contributed by atoms with Crippen molar-refractivity contribution in [1.29, 1.82) is 0 Å². The minimum atomic E-state index is -0.915. The summed E-state index contributed by atoms with van der Waals surface area (Å²) < 4.78 is 18.1. The van der Waals surface area contributed by atoms with Gasteiger partial charge in [-0.2, -0.15) is 4.98 Å². The number of rotatable bonds is 8. The number of nitrogens with one attached hydrogen (secondary N) is 2. The predicted octanol–water partition coefficient (Wildman–Crippen LogP) is 3.97. The molecule has 2 aromatic heterocycles. The highest BCUT2D eigenvalue weighted by molar-refractivity contribution is 5.93. The van der Waals surface area contributed by atoms with Gasteiger partial charge in [0.15, 0.2) is 5.82 Å². The SMILES string of the molecule is Cc1cc(-c2ccnc(NC(=O)C3CC3)c2)ccc1CNC(=O)c1nc(C(C)(C)CF)no1. The minimum Gasteiger partial charge on any atom is -0.344 e. The van der Waals surface area contributed by atoms with Gasteiger partial charge in [0.25, 0.3) is 0 Å². The Morgan fingerprint density at radius 2 is 1.94 bits per heavy atom. The van der Waals surface area contributed by atoms with Gasteiger partial charge in [0.1, 0.15) is 12.5 Å². The van der Waals surface area contributed by atoms with E-state index in [1.54, 1.807) is 20.0 Å². The molecule has 1 aliphatic carbocycles. The van der Waals surface area contributed by atoms with E-state index >= 15 is 0 Å². The fourth-order valence-electron chi connectivity index (χ4n) is 3.23. The van der Waals surface area contributed by atoms with Gasteiger partial charge < -0.3 is 15.2 Å². The van der Waals surface area contributed by atoms with Crippen molar-refractivity contribution in [2.24, 2.45) is 5.92 Å². The standard InChI is InChI=1S/C24H26FN5O3/c1-14-10-16(17-8-9-26-19(11-17)28-20(31)15-4-5-15)6-7-18(14)12-27-21(32)22-29-23(30-33-22)24(2,3)13-25/h6-11,15H,4-5,12-13H2,1-3H3,(H,27,32)(H,26,28,31). The first-order valence-corrected chi connectivity index (χ1v) is 10.8. The van der Waals surface area contributed by atoms with E-state index in [2.05, 4.69) is 25.8 Å². The maximum atomic E-state index is 13.1. The van der Waals surface area contributed by atoms with E-state index in [-0.39, 0.29) is 30.1 Å². The van der Waals surface area contributed by atoms with E-state index in [0.717, 1.165) is 35.1 Å². The molecule has 0 unspecified atom stereocenters. The lowest BCUT2D eigenvalue weighted by Crippen LogP contribution is -2.25. The lowest BCUT2D eigenvalue weighted by Gasteiger charge is -2.13. The van der Waals surface area contributed by atoms with E-state index in [4.69, 9.17) is 4.52 Å². The summed E-state index contributed by atoms with van der Waals surface area (Å²) in [4.78, 5) is 32.6. The van der Waals surface area contributed by atoms with E-state index in [9.17, 15) is 14.0 Å². The van der Waals surface area contributed by atoms with Gasteiger partial charge in [0.2, 0.25) is 5.91 Å². The molecule has 1 aromatic carbocycles. The highest BCUT2D eigenvalue weighted by atomic mass is 19.1. The molecule has 8 nitrogen and oxygen atoms in total. The van der Waals surface area contributed by atoms with Crippen LogP contribution in [0.1, 0.15) is 54.3 Å². The first-order valence-electron chi connectivity index (χ1n) is 10.8. The molecule has 0 aliphatic heterocycles. The van der Waals surface area contributed by atoms with E-state index < -0.39 is 18.0 Å². The predicted molar refractivity (Wildman–Crippen MR) is 120 cm³/mol. The molecule has 1 saturated carbocycles. The number of hydrogen-bond donors (Lipinski definition) is 2. The molecular formula is C24H26FN5O3. The van der Waals surface area contributed by atoms with Crippen LogP contribution in [0.2, 0.25) is 0 Å². The molecular weight excluding hydrogens is 425 g/mol. The van der Waals surface area contributed by atoms with Gasteiger partial charge >= 0.3 is 11.8 Å². The molecule has 172 valence electrons. The number of anilines is 1. The van der Waals surface area contributed by atoms with Crippen molar-refractivity contribution < 1.29 is 18.5 Å². The smallest absolute Gasteiger partial charge is 0.315 e. The normalized spacial score (nSPS) is 13.6. The molecule has 0 saturated heterocycles. The number of benzene rings is 1. The first kappa shape index (κ1) is 22.6. The number of carbonyl (C=O) groups is 2. The number of aryl methyl sites for hydroxylation is 1. The second-order valence-electron chi connectivity index (χ2n) is 8.96. The molecule has 9 heteroatoms. The third-order valence-electron chi connectivity index (χ3n) is 5.63. The van der Waals surface area contributed by atoms with Crippen LogP contribution in [-0.2, 0) is 16.8 Å². The first-order chi connectivity index (χ1) is 15.8. The molecule has 3 aromatic rings. The van der Waals surface area contributed by atoms with Crippen LogP contribution in [0.5, 0.6) is 0 Å². The maximum absolute atomic E-state index is 13.1. The maximum Gasteiger partial charge on any atom is 0.315 e. The third-order valence-corrected chi connectivity index (χ3v) is 5.63. The number of aromatic nitrogens is 3. The molecule has 2 heterocycles. The molecule has 1 aliphatic rings. The van der Waals surface area contributed by atoms with Gasteiger partial charge in [-0.05, 0) is 54.2 Å². The molecule has 1 fully saturated rings. The highest BCUT2D eigenvalue weighted by Gasteiger charge is 2.30. The molecule has 0 spiro atoms. The number of hydrogen-bond acceptors (Lipinski definition) is 6. The van der Waals surface area contributed by atoms with Crippen LogP contribution in [0.3, 0.4) is 0 Å².